The van der Waals surface area contributed by atoms with E-state index in [0.717, 1.165) is 22.9 Å². The van der Waals surface area contributed by atoms with Gasteiger partial charge in [0.25, 0.3) is 5.69 Å². The molecule has 24 heavy (non-hydrogen) atoms. The van der Waals surface area contributed by atoms with Gasteiger partial charge in [-0.1, -0.05) is 11.6 Å². The second-order valence-corrected chi connectivity index (χ2v) is 5.20. The second-order valence-electron chi connectivity index (χ2n) is 4.80. The number of hydrogen-bond donors (Lipinski definition) is 1. The van der Waals surface area contributed by atoms with E-state index in [2.05, 4.69) is 10.4 Å². The SMILES string of the molecule is Cc1cc(C(F)(F)F)nn1CC(=O)Nc1cc([N+](=O)[O-])ccc1Cl. The summed E-state index contributed by atoms with van der Waals surface area (Å²) in [7, 11) is 0. The summed E-state index contributed by atoms with van der Waals surface area (Å²) in [6.07, 6.45) is -4.62. The van der Waals surface area contributed by atoms with E-state index in [1.807, 2.05) is 0 Å². The van der Waals surface area contributed by atoms with Gasteiger partial charge in [-0.25, -0.2) is 0 Å². The van der Waals surface area contributed by atoms with Gasteiger partial charge in [0.05, 0.1) is 15.6 Å². The number of anilines is 1. The zero-order chi connectivity index (χ0) is 18.1. The lowest BCUT2D eigenvalue weighted by Crippen LogP contribution is -2.21. The maximum atomic E-state index is 12.6. The lowest BCUT2D eigenvalue weighted by atomic mass is 10.2. The maximum Gasteiger partial charge on any atom is 0.435 e. The third-order valence-electron chi connectivity index (χ3n) is 3.00. The first-order valence-electron chi connectivity index (χ1n) is 6.43. The Balaban J connectivity index is 2.16. The van der Waals surface area contributed by atoms with Gasteiger partial charge in [-0.05, 0) is 19.1 Å². The average Bonchev–Trinajstić information content (AvgIpc) is 2.82. The predicted molar refractivity (Wildman–Crippen MR) is 78.7 cm³/mol. The Hall–Kier alpha value is -2.62. The summed E-state index contributed by atoms with van der Waals surface area (Å²) in [5, 5.41) is 16.4. The fraction of sp³-hybridized carbons (Fsp3) is 0.231. The van der Waals surface area contributed by atoms with Crippen molar-refractivity contribution >= 4 is 28.9 Å². The minimum absolute atomic E-state index is 0.0169. The molecule has 0 aliphatic heterocycles. The number of carbonyl (C=O) groups is 1. The summed E-state index contributed by atoms with van der Waals surface area (Å²) >= 11 is 5.83. The van der Waals surface area contributed by atoms with Gasteiger partial charge in [-0.2, -0.15) is 18.3 Å². The number of nitro benzene ring substituents is 1. The van der Waals surface area contributed by atoms with Crippen molar-refractivity contribution < 1.29 is 22.9 Å². The van der Waals surface area contributed by atoms with Crippen LogP contribution >= 0.6 is 11.6 Å². The van der Waals surface area contributed by atoms with Crippen LogP contribution < -0.4 is 5.32 Å². The van der Waals surface area contributed by atoms with Crippen LogP contribution in [0.5, 0.6) is 0 Å². The van der Waals surface area contributed by atoms with E-state index in [0.29, 0.717) is 0 Å². The van der Waals surface area contributed by atoms with Crippen LogP contribution in [0, 0.1) is 17.0 Å². The molecular formula is C13H10ClF3N4O3. The average molecular weight is 363 g/mol. The van der Waals surface area contributed by atoms with E-state index in [4.69, 9.17) is 11.6 Å². The van der Waals surface area contributed by atoms with Gasteiger partial charge < -0.3 is 5.32 Å². The number of nitro groups is 1. The number of benzene rings is 1. The van der Waals surface area contributed by atoms with Crippen molar-refractivity contribution in [3.63, 3.8) is 0 Å². The molecule has 0 fully saturated rings. The third kappa shape index (κ3) is 4.02. The zero-order valence-electron chi connectivity index (χ0n) is 12.1. The van der Waals surface area contributed by atoms with Crippen LogP contribution in [-0.2, 0) is 17.5 Å². The Kier molecular flexibility index (Phi) is 4.78. The smallest absolute Gasteiger partial charge is 0.323 e. The molecule has 0 atom stereocenters. The quantitative estimate of drug-likeness (QED) is 0.666. The normalized spacial score (nSPS) is 11.4. The molecule has 2 rings (SSSR count). The molecule has 1 amide bonds. The first-order chi connectivity index (χ1) is 11.1. The van der Waals surface area contributed by atoms with Crippen molar-refractivity contribution in [2.24, 2.45) is 0 Å². The van der Waals surface area contributed by atoms with Crippen LogP contribution in [0.1, 0.15) is 11.4 Å². The highest BCUT2D eigenvalue weighted by atomic mass is 35.5. The molecular weight excluding hydrogens is 353 g/mol. The number of aromatic nitrogens is 2. The number of nitrogens with zero attached hydrogens (tertiary/aromatic N) is 3. The largest absolute Gasteiger partial charge is 0.435 e. The molecule has 2 aromatic rings. The van der Waals surface area contributed by atoms with Crippen molar-refractivity contribution in [3.8, 4) is 0 Å². The summed E-state index contributed by atoms with van der Waals surface area (Å²) < 4.78 is 38.6. The van der Waals surface area contributed by atoms with Gasteiger partial charge in [0.15, 0.2) is 5.69 Å². The van der Waals surface area contributed by atoms with Crippen molar-refractivity contribution in [2.75, 3.05) is 5.32 Å². The Morgan fingerprint density at radius 2 is 2.08 bits per heavy atom. The van der Waals surface area contributed by atoms with Crippen molar-refractivity contribution in [1.29, 1.82) is 0 Å². The van der Waals surface area contributed by atoms with E-state index in [9.17, 15) is 28.1 Å². The van der Waals surface area contributed by atoms with Crippen LogP contribution in [0.2, 0.25) is 5.02 Å². The number of hydrogen-bond acceptors (Lipinski definition) is 4. The number of nitrogens with one attached hydrogen (secondary N) is 1. The molecule has 0 unspecified atom stereocenters. The third-order valence-corrected chi connectivity index (χ3v) is 3.33. The number of aryl methyl sites for hydroxylation is 1. The van der Waals surface area contributed by atoms with Crippen molar-refractivity contribution in [3.05, 3.63) is 50.8 Å². The molecule has 0 aliphatic carbocycles. The maximum absolute atomic E-state index is 12.6. The summed E-state index contributed by atoms with van der Waals surface area (Å²) in [4.78, 5) is 22.0. The first-order valence-corrected chi connectivity index (χ1v) is 6.81. The molecule has 0 saturated heterocycles. The van der Waals surface area contributed by atoms with Crippen molar-refractivity contribution in [2.45, 2.75) is 19.6 Å². The number of non-ortho nitro benzene ring substituents is 1. The van der Waals surface area contributed by atoms with Gasteiger partial charge in [-0.15, -0.1) is 0 Å². The molecule has 0 saturated carbocycles. The number of alkyl halides is 3. The van der Waals surface area contributed by atoms with Crippen LogP contribution in [0.3, 0.4) is 0 Å². The molecule has 1 heterocycles. The molecule has 0 bridgehead atoms. The molecule has 0 aliphatic rings. The highest BCUT2D eigenvalue weighted by Gasteiger charge is 2.34. The minimum Gasteiger partial charge on any atom is -0.323 e. The highest BCUT2D eigenvalue weighted by Crippen LogP contribution is 2.29. The van der Waals surface area contributed by atoms with Crippen LogP contribution in [0.4, 0.5) is 24.5 Å². The topological polar surface area (TPSA) is 90.1 Å². The second kappa shape index (κ2) is 6.48. The van der Waals surface area contributed by atoms with E-state index in [1.54, 1.807) is 0 Å². The van der Waals surface area contributed by atoms with Gasteiger partial charge in [0.1, 0.15) is 6.54 Å². The number of halogens is 4. The molecule has 0 spiro atoms. The molecule has 0 radical (unpaired) electrons. The lowest BCUT2D eigenvalue weighted by molar-refractivity contribution is -0.384. The fourth-order valence-corrected chi connectivity index (χ4v) is 2.02. The van der Waals surface area contributed by atoms with E-state index < -0.39 is 29.2 Å². The summed E-state index contributed by atoms with van der Waals surface area (Å²) in [6.45, 7) is 0.872. The molecule has 1 aromatic carbocycles. The number of rotatable bonds is 4. The highest BCUT2D eigenvalue weighted by molar-refractivity contribution is 6.33. The van der Waals surface area contributed by atoms with E-state index >= 15 is 0 Å². The van der Waals surface area contributed by atoms with Crippen LogP contribution in [-0.4, -0.2) is 20.6 Å². The Morgan fingerprint density at radius 3 is 2.62 bits per heavy atom. The predicted octanol–water partition coefficient (Wildman–Crippen LogP) is 3.41. The number of amides is 1. The van der Waals surface area contributed by atoms with Crippen LogP contribution in [0.25, 0.3) is 0 Å². The van der Waals surface area contributed by atoms with Gasteiger partial charge in [-0.3, -0.25) is 19.6 Å². The zero-order valence-corrected chi connectivity index (χ0v) is 12.9. The fourth-order valence-electron chi connectivity index (χ4n) is 1.86. The van der Waals surface area contributed by atoms with Crippen LogP contribution in [0.15, 0.2) is 24.3 Å². The lowest BCUT2D eigenvalue weighted by Gasteiger charge is -2.08. The Morgan fingerprint density at radius 1 is 1.42 bits per heavy atom. The van der Waals surface area contributed by atoms with Crippen molar-refractivity contribution in [1.82, 2.24) is 9.78 Å². The molecule has 7 nitrogen and oxygen atoms in total. The Labute approximate surface area is 138 Å². The monoisotopic (exact) mass is 362 g/mol. The molecule has 1 N–H and O–H groups in total. The summed E-state index contributed by atoms with van der Waals surface area (Å²) in [6, 6.07) is 4.26. The molecule has 11 heteroatoms. The molecule has 1 aromatic heterocycles. The van der Waals surface area contributed by atoms with E-state index in [-0.39, 0.29) is 22.1 Å². The standard InChI is InChI=1S/C13H10ClF3N4O3/c1-7-4-11(13(15,16)17)19-20(7)6-12(22)18-10-5-8(21(23)24)2-3-9(10)14/h2-5H,6H2,1H3,(H,18,22). The summed E-state index contributed by atoms with van der Waals surface area (Å²) in [5.74, 6) is -0.725. The van der Waals surface area contributed by atoms with Gasteiger partial charge >= 0.3 is 6.18 Å². The van der Waals surface area contributed by atoms with E-state index in [1.165, 1.54) is 13.0 Å². The minimum atomic E-state index is -4.62. The Bertz CT molecular complexity index is 804. The molecule has 128 valence electrons. The summed E-state index contributed by atoms with van der Waals surface area (Å²) in [5.41, 5.74) is -1.27. The van der Waals surface area contributed by atoms with Gasteiger partial charge in [0, 0.05) is 17.8 Å². The number of carbonyl (C=O) groups excluding carboxylic acids is 1. The first kappa shape index (κ1) is 17.7. The van der Waals surface area contributed by atoms with Gasteiger partial charge in [0.2, 0.25) is 5.91 Å².